The maximum atomic E-state index is 9.94. The molecule has 0 amide bonds. The van der Waals surface area contributed by atoms with Crippen molar-refractivity contribution >= 4 is 27.6 Å². The van der Waals surface area contributed by atoms with E-state index >= 15 is 0 Å². The van der Waals surface area contributed by atoms with Crippen LogP contribution in [0.15, 0.2) is 0 Å². The Morgan fingerprint density at radius 2 is 2.22 bits per heavy atom. The van der Waals surface area contributed by atoms with Crippen molar-refractivity contribution in [2.45, 2.75) is 13.3 Å². The molecule has 54 valence electrons. The molecule has 0 aliphatic rings. The third kappa shape index (κ3) is 8.17. The second kappa shape index (κ2) is 6.29. The highest BCUT2D eigenvalue weighted by Crippen LogP contribution is 2.20. The van der Waals surface area contributed by atoms with Crippen LogP contribution in [0.3, 0.4) is 0 Å². The number of hydrogen-bond acceptors (Lipinski definition) is 3. The highest BCUT2D eigenvalue weighted by molar-refractivity contribution is 8.76. The third-order valence-electron chi connectivity index (χ3n) is 0.600. The van der Waals surface area contributed by atoms with Gasteiger partial charge in [0.1, 0.15) is 0 Å². The van der Waals surface area contributed by atoms with Crippen molar-refractivity contribution in [2.24, 2.45) is 0 Å². The van der Waals surface area contributed by atoms with Crippen LogP contribution in [0.25, 0.3) is 0 Å². The Kier molecular flexibility index (Phi) is 6.41. The Balaban J connectivity index is 2.83. The van der Waals surface area contributed by atoms with Gasteiger partial charge >= 0.3 is 5.97 Å². The van der Waals surface area contributed by atoms with Gasteiger partial charge in [-0.2, -0.15) is 0 Å². The second-order valence-corrected chi connectivity index (χ2v) is 4.24. The lowest BCUT2D eigenvalue weighted by molar-refractivity contribution is -0.136. The summed E-state index contributed by atoms with van der Waals surface area (Å²) in [6.07, 6.45) is 0.275. The van der Waals surface area contributed by atoms with Crippen molar-refractivity contribution in [1.82, 2.24) is 0 Å². The molecule has 9 heavy (non-hydrogen) atoms. The maximum absolute atomic E-state index is 9.94. The van der Waals surface area contributed by atoms with E-state index in [1.54, 1.807) is 21.6 Å². The number of carboxylic acid groups (broad SMARTS) is 1. The Morgan fingerprint density at radius 1 is 1.56 bits per heavy atom. The van der Waals surface area contributed by atoms with Crippen LogP contribution in [0.2, 0.25) is 0 Å². The van der Waals surface area contributed by atoms with Crippen LogP contribution < -0.4 is 0 Å². The lowest BCUT2D eigenvalue weighted by atomic mass is 10.5. The van der Waals surface area contributed by atoms with Gasteiger partial charge in [-0.05, 0) is 0 Å². The molecular weight excluding hydrogens is 156 g/mol. The fraction of sp³-hybridized carbons (Fsp3) is 0.800. The van der Waals surface area contributed by atoms with Crippen LogP contribution >= 0.6 is 21.6 Å². The molecule has 0 aliphatic carbocycles. The molecular formula is C5H10O2S2. The van der Waals surface area contributed by atoms with E-state index in [1.807, 2.05) is 0 Å². The van der Waals surface area contributed by atoms with Crippen LogP contribution in [0.4, 0.5) is 0 Å². The van der Waals surface area contributed by atoms with Crippen molar-refractivity contribution in [3.05, 3.63) is 0 Å². The van der Waals surface area contributed by atoms with Gasteiger partial charge in [0.05, 0.1) is 6.42 Å². The number of carbonyl (C=O) groups is 1. The van der Waals surface area contributed by atoms with E-state index in [9.17, 15) is 4.79 Å². The average molecular weight is 166 g/mol. The number of hydrogen-bond donors (Lipinski definition) is 1. The van der Waals surface area contributed by atoms with Crippen LogP contribution in [0.1, 0.15) is 13.3 Å². The summed E-state index contributed by atoms with van der Waals surface area (Å²) in [4.78, 5) is 9.94. The monoisotopic (exact) mass is 166 g/mol. The van der Waals surface area contributed by atoms with E-state index in [-0.39, 0.29) is 6.42 Å². The normalized spacial score (nSPS) is 9.44. The zero-order chi connectivity index (χ0) is 7.11. The van der Waals surface area contributed by atoms with Crippen molar-refractivity contribution in [1.29, 1.82) is 0 Å². The van der Waals surface area contributed by atoms with Crippen LogP contribution in [0, 0.1) is 0 Å². The van der Waals surface area contributed by atoms with Gasteiger partial charge < -0.3 is 5.11 Å². The molecule has 0 spiro atoms. The molecule has 0 saturated carbocycles. The van der Waals surface area contributed by atoms with Gasteiger partial charge in [-0.15, -0.1) is 0 Å². The summed E-state index contributed by atoms with van der Waals surface area (Å²) < 4.78 is 0. The van der Waals surface area contributed by atoms with Gasteiger partial charge in [0.25, 0.3) is 0 Å². The van der Waals surface area contributed by atoms with Gasteiger partial charge in [0, 0.05) is 11.5 Å². The Hall–Kier alpha value is 0.170. The lowest BCUT2D eigenvalue weighted by Gasteiger charge is -1.92. The van der Waals surface area contributed by atoms with Crippen molar-refractivity contribution < 1.29 is 9.90 Å². The highest BCUT2D eigenvalue weighted by atomic mass is 33.1. The van der Waals surface area contributed by atoms with Crippen LogP contribution in [0.5, 0.6) is 0 Å². The molecule has 1 N–H and O–H groups in total. The topological polar surface area (TPSA) is 37.3 Å². The zero-order valence-corrected chi connectivity index (χ0v) is 6.93. The smallest absolute Gasteiger partial charge is 0.304 e. The van der Waals surface area contributed by atoms with Crippen molar-refractivity contribution in [3.8, 4) is 0 Å². The van der Waals surface area contributed by atoms with Gasteiger partial charge in [0.15, 0.2) is 0 Å². The minimum Gasteiger partial charge on any atom is -0.481 e. The van der Waals surface area contributed by atoms with Gasteiger partial charge in [0.2, 0.25) is 0 Å². The van der Waals surface area contributed by atoms with Crippen molar-refractivity contribution in [3.63, 3.8) is 0 Å². The summed E-state index contributed by atoms with van der Waals surface area (Å²) in [5.74, 6) is 1.05. The Labute approximate surface area is 62.8 Å². The summed E-state index contributed by atoms with van der Waals surface area (Å²) in [6, 6.07) is 0. The average Bonchev–Trinajstić information content (AvgIpc) is 1.80. The molecule has 0 radical (unpaired) electrons. The first-order valence-electron chi connectivity index (χ1n) is 2.73. The first-order chi connectivity index (χ1) is 4.27. The zero-order valence-electron chi connectivity index (χ0n) is 5.29. The molecule has 0 saturated heterocycles. The number of carboxylic acids is 1. The summed E-state index contributed by atoms with van der Waals surface area (Å²) in [5, 5.41) is 8.19. The standard InChI is InChI=1S/C5H10O2S2/c1-2-8-9-4-3-5(6)7/h2-4H2,1H3,(H,6,7). The third-order valence-corrected chi connectivity index (χ3v) is 3.08. The molecule has 0 rings (SSSR count). The van der Waals surface area contributed by atoms with E-state index in [0.29, 0.717) is 5.75 Å². The van der Waals surface area contributed by atoms with E-state index in [2.05, 4.69) is 6.92 Å². The number of rotatable bonds is 5. The minimum absolute atomic E-state index is 0.275. The first kappa shape index (κ1) is 9.17. The first-order valence-corrected chi connectivity index (χ1v) is 5.22. The molecule has 0 heterocycles. The molecule has 0 aromatic heterocycles. The van der Waals surface area contributed by atoms with Crippen LogP contribution in [-0.2, 0) is 4.79 Å². The van der Waals surface area contributed by atoms with Gasteiger partial charge in [-0.3, -0.25) is 4.79 Å². The van der Waals surface area contributed by atoms with Gasteiger partial charge in [-0.1, -0.05) is 28.5 Å². The Bertz CT molecular complexity index is 85.0. The molecule has 0 unspecified atom stereocenters. The lowest BCUT2D eigenvalue weighted by Crippen LogP contribution is -1.94. The quantitative estimate of drug-likeness (QED) is 0.499. The molecule has 0 aromatic carbocycles. The molecule has 0 bridgehead atoms. The minimum atomic E-state index is -0.709. The van der Waals surface area contributed by atoms with E-state index < -0.39 is 5.97 Å². The fourth-order valence-electron chi connectivity index (χ4n) is 0.271. The fourth-order valence-corrected chi connectivity index (χ4v) is 1.92. The number of aliphatic carboxylic acids is 1. The van der Waals surface area contributed by atoms with Crippen molar-refractivity contribution in [2.75, 3.05) is 11.5 Å². The van der Waals surface area contributed by atoms with E-state index in [1.165, 1.54) is 0 Å². The molecule has 0 aliphatic heterocycles. The highest BCUT2D eigenvalue weighted by Gasteiger charge is 1.94. The summed E-state index contributed by atoms with van der Waals surface area (Å²) in [7, 11) is 3.32. The summed E-state index contributed by atoms with van der Waals surface area (Å²) in [6.45, 7) is 2.05. The molecule has 4 heteroatoms. The molecule has 2 nitrogen and oxygen atoms in total. The summed E-state index contributed by atoms with van der Waals surface area (Å²) in [5.41, 5.74) is 0. The predicted octanol–water partition coefficient (Wildman–Crippen LogP) is 1.86. The SMILES string of the molecule is CCSSCCC(=O)O. The predicted molar refractivity (Wildman–Crippen MR) is 42.8 cm³/mol. The van der Waals surface area contributed by atoms with E-state index in [4.69, 9.17) is 5.11 Å². The second-order valence-electron chi connectivity index (χ2n) is 1.37. The maximum Gasteiger partial charge on any atom is 0.304 e. The molecule has 0 atom stereocenters. The van der Waals surface area contributed by atoms with Crippen LogP contribution in [-0.4, -0.2) is 22.6 Å². The van der Waals surface area contributed by atoms with Gasteiger partial charge in [-0.25, -0.2) is 0 Å². The molecule has 0 fully saturated rings. The van der Waals surface area contributed by atoms with E-state index in [0.717, 1.165) is 5.75 Å². The summed E-state index contributed by atoms with van der Waals surface area (Å²) >= 11 is 0. The largest absolute Gasteiger partial charge is 0.481 e. The Morgan fingerprint density at radius 3 is 2.67 bits per heavy atom. The molecule has 0 aromatic rings.